The molecule has 0 saturated heterocycles. The van der Waals surface area contributed by atoms with Gasteiger partial charge in [0.25, 0.3) is 0 Å². The Hall–Kier alpha value is -1.74. The van der Waals surface area contributed by atoms with Crippen LogP contribution in [0.1, 0.15) is 36.8 Å². The van der Waals surface area contributed by atoms with E-state index in [-0.39, 0.29) is 11.6 Å². The Balaban J connectivity index is 1.95. The van der Waals surface area contributed by atoms with E-state index in [1.54, 1.807) is 6.26 Å². The second-order valence-electron chi connectivity index (χ2n) is 5.64. The molecule has 1 aliphatic heterocycles. The largest absolute Gasteiger partial charge is 0.487 e. The van der Waals surface area contributed by atoms with Crippen molar-refractivity contribution >= 4 is 0 Å². The van der Waals surface area contributed by atoms with Crippen LogP contribution in [0.15, 0.2) is 41.0 Å². The van der Waals surface area contributed by atoms with Gasteiger partial charge in [-0.15, -0.1) is 0 Å². The maximum Gasteiger partial charge on any atom is 0.125 e. The molecule has 0 fully saturated rings. The van der Waals surface area contributed by atoms with Crippen molar-refractivity contribution < 1.29 is 9.15 Å². The molecule has 1 aliphatic rings. The molecule has 1 atom stereocenters. The van der Waals surface area contributed by atoms with E-state index < -0.39 is 0 Å². The van der Waals surface area contributed by atoms with E-state index in [2.05, 4.69) is 37.4 Å². The number of benzene rings is 1. The first-order chi connectivity index (χ1) is 9.09. The fourth-order valence-corrected chi connectivity index (χ4v) is 2.74. The van der Waals surface area contributed by atoms with E-state index in [0.717, 1.165) is 17.9 Å². The summed E-state index contributed by atoms with van der Waals surface area (Å²) in [5, 5.41) is 3.30. The number of rotatable bonds is 3. The summed E-state index contributed by atoms with van der Waals surface area (Å²) in [4.78, 5) is 0. The van der Waals surface area contributed by atoms with Crippen LogP contribution in [-0.4, -0.2) is 12.6 Å². The van der Waals surface area contributed by atoms with Gasteiger partial charge in [-0.3, -0.25) is 0 Å². The van der Waals surface area contributed by atoms with E-state index in [1.807, 2.05) is 19.2 Å². The third-order valence-electron chi connectivity index (χ3n) is 3.54. The molecule has 19 heavy (non-hydrogen) atoms. The third kappa shape index (κ3) is 2.26. The minimum absolute atomic E-state index is 0.0870. The molecule has 0 bridgehead atoms. The zero-order valence-corrected chi connectivity index (χ0v) is 11.6. The molecular weight excluding hydrogens is 238 g/mol. The van der Waals surface area contributed by atoms with Gasteiger partial charge in [0.2, 0.25) is 0 Å². The highest BCUT2D eigenvalue weighted by atomic mass is 16.5. The lowest BCUT2D eigenvalue weighted by atomic mass is 9.97. The van der Waals surface area contributed by atoms with Gasteiger partial charge in [-0.05, 0) is 56.3 Å². The minimum Gasteiger partial charge on any atom is -0.487 e. The lowest BCUT2D eigenvalue weighted by Crippen LogP contribution is -2.24. The zero-order chi connectivity index (χ0) is 13.5. The van der Waals surface area contributed by atoms with Gasteiger partial charge >= 0.3 is 0 Å². The normalized spacial score (nSPS) is 17.8. The van der Waals surface area contributed by atoms with Gasteiger partial charge < -0.3 is 14.5 Å². The molecule has 3 rings (SSSR count). The molecule has 0 aliphatic carbocycles. The van der Waals surface area contributed by atoms with Crippen molar-refractivity contribution in [1.29, 1.82) is 0 Å². The summed E-state index contributed by atoms with van der Waals surface area (Å²) in [5.41, 5.74) is 2.38. The standard InChI is InChI=1S/C16H19NO2/c1-16(2)10-12-9-11(6-7-13(12)19-16)15(17-3)14-5-4-8-18-14/h4-9,15,17H,10H2,1-3H3. The first kappa shape index (κ1) is 12.3. The molecule has 1 unspecified atom stereocenters. The van der Waals surface area contributed by atoms with Crippen LogP contribution in [0, 0.1) is 0 Å². The van der Waals surface area contributed by atoms with Crippen molar-refractivity contribution in [3.63, 3.8) is 0 Å². The lowest BCUT2D eigenvalue weighted by molar-refractivity contribution is 0.138. The fourth-order valence-electron chi connectivity index (χ4n) is 2.74. The average molecular weight is 257 g/mol. The summed E-state index contributed by atoms with van der Waals surface area (Å²) in [6.07, 6.45) is 2.66. The van der Waals surface area contributed by atoms with E-state index >= 15 is 0 Å². The predicted octanol–water partition coefficient (Wildman–Crippen LogP) is 3.30. The third-order valence-corrected chi connectivity index (χ3v) is 3.54. The topological polar surface area (TPSA) is 34.4 Å². The van der Waals surface area contributed by atoms with E-state index in [0.29, 0.717) is 0 Å². The molecule has 1 N–H and O–H groups in total. The zero-order valence-electron chi connectivity index (χ0n) is 11.6. The molecule has 3 nitrogen and oxygen atoms in total. The van der Waals surface area contributed by atoms with E-state index in [1.165, 1.54) is 11.1 Å². The van der Waals surface area contributed by atoms with E-state index in [4.69, 9.17) is 9.15 Å². The molecule has 0 amide bonds. The number of nitrogens with one attached hydrogen (secondary N) is 1. The molecule has 1 aromatic heterocycles. The highest BCUT2D eigenvalue weighted by Crippen LogP contribution is 2.37. The van der Waals surface area contributed by atoms with E-state index in [9.17, 15) is 0 Å². The van der Waals surface area contributed by atoms with Crippen LogP contribution in [0.3, 0.4) is 0 Å². The van der Waals surface area contributed by atoms with Crippen LogP contribution in [-0.2, 0) is 6.42 Å². The highest BCUT2D eigenvalue weighted by molar-refractivity contribution is 5.43. The second-order valence-corrected chi connectivity index (χ2v) is 5.64. The number of hydrogen-bond donors (Lipinski definition) is 1. The summed E-state index contributed by atoms with van der Waals surface area (Å²) in [7, 11) is 1.95. The molecule has 0 saturated carbocycles. The van der Waals surface area contributed by atoms with Crippen molar-refractivity contribution in [3.05, 3.63) is 53.5 Å². The number of fused-ring (bicyclic) bond motifs is 1. The smallest absolute Gasteiger partial charge is 0.125 e. The SMILES string of the molecule is CNC(c1ccc2c(c1)CC(C)(C)O2)c1ccco1. The number of furan rings is 1. The molecule has 0 radical (unpaired) electrons. The highest BCUT2D eigenvalue weighted by Gasteiger charge is 2.30. The Labute approximate surface area is 113 Å². The maximum absolute atomic E-state index is 5.91. The van der Waals surface area contributed by atoms with Crippen LogP contribution in [0.4, 0.5) is 0 Å². The summed E-state index contributed by atoms with van der Waals surface area (Å²) in [6.45, 7) is 4.24. The van der Waals surface area contributed by atoms with Gasteiger partial charge in [-0.1, -0.05) is 6.07 Å². The molecule has 100 valence electrons. The Bertz CT molecular complexity index is 572. The fraction of sp³-hybridized carbons (Fsp3) is 0.375. The van der Waals surface area contributed by atoms with Crippen LogP contribution in [0.2, 0.25) is 0 Å². The summed E-state index contributed by atoms with van der Waals surface area (Å²) >= 11 is 0. The Kier molecular flexibility index (Phi) is 2.86. The second kappa shape index (κ2) is 4.42. The molecule has 0 spiro atoms. The van der Waals surface area contributed by atoms with Crippen molar-refractivity contribution in [2.45, 2.75) is 31.9 Å². The maximum atomic E-state index is 5.91. The van der Waals surface area contributed by atoms with Crippen molar-refractivity contribution in [2.75, 3.05) is 7.05 Å². The van der Waals surface area contributed by atoms with Crippen LogP contribution in [0.25, 0.3) is 0 Å². The molecule has 3 heteroatoms. The molecule has 2 heterocycles. The van der Waals surface area contributed by atoms with Gasteiger partial charge in [-0.25, -0.2) is 0 Å². The van der Waals surface area contributed by atoms with Crippen LogP contribution >= 0.6 is 0 Å². The average Bonchev–Trinajstić information content (AvgIpc) is 2.95. The lowest BCUT2D eigenvalue weighted by Gasteiger charge is -2.16. The Morgan fingerprint density at radius 3 is 2.79 bits per heavy atom. The summed E-state index contributed by atoms with van der Waals surface area (Å²) in [5.74, 6) is 1.93. The van der Waals surface area contributed by atoms with Crippen LogP contribution in [0.5, 0.6) is 5.75 Å². The molecule has 2 aromatic rings. The Morgan fingerprint density at radius 2 is 2.11 bits per heavy atom. The van der Waals surface area contributed by atoms with Crippen molar-refractivity contribution in [3.8, 4) is 5.75 Å². The predicted molar refractivity (Wildman–Crippen MR) is 74.5 cm³/mol. The van der Waals surface area contributed by atoms with Gasteiger partial charge in [-0.2, -0.15) is 0 Å². The Morgan fingerprint density at radius 1 is 1.26 bits per heavy atom. The van der Waals surface area contributed by atoms with Crippen LogP contribution < -0.4 is 10.1 Å². The number of ether oxygens (including phenoxy) is 1. The molecular formula is C16H19NO2. The number of hydrogen-bond acceptors (Lipinski definition) is 3. The van der Waals surface area contributed by atoms with Gasteiger partial charge in [0.05, 0.1) is 12.3 Å². The minimum atomic E-state index is -0.0964. The summed E-state index contributed by atoms with van der Waals surface area (Å²) < 4.78 is 11.4. The van der Waals surface area contributed by atoms with Crippen molar-refractivity contribution in [1.82, 2.24) is 5.32 Å². The molecule has 1 aromatic carbocycles. The van der Waals surface area contributed by atoms with Gasteiger partial charge in [0.1, 0.15) is 17.1 Å². The van der Waals surface area contributed by atoms with Gasteiger partial charge in [0.15, 0.2) is 0 Å². The first-order valence-corrected chi connectivity index (χ1v) is 6.61. The van der Waals surface area contributed by atoms with Crippen molar-refractivity contribution in [2.24, 2.45) is 0 Å². The quantitative estimate of drug-likeness (QED) is 0.916. The van der Waals surface area contributed by atoms with Gasteiger partial charge in [0, 0.05) is 6.42 Å². The monoisotopic (exact) mass is 257 g/mol. The summed E-state index contributed by atoms with van der Waals surface area (Å²) in [6, 6.07) is 10.4. The first-order valence-electron chi connectivity index (χ1n) is 6.61.